The standard InChI is InChI=1S/C27H29N3O5S/c1-15-12-16(2)23(17(3)13-15)29-27(33)28-21-14-22(18-8-10-20(34-4)11-9-18)36-24(21)25(31)30-35-26(32)19-6-5-7-19/h8-14,19H,5-7H2,1-4H3,(H,30,31)(H2,28,29,33). The summed E-state index contributed by atoms with van der Waals surface area (Å²) in [6.07, 6.45) is 2.51. The average molecular weight is 508 g/mol. The number of anilines is 2. The molecule has 1 fully saturated rings. The van der Waals surface area contributed by atoms with Crippen molar-refractivity contribution in [3.8, 4) is 16.2 Å². The summed E-state index contributed by atoms with van der Waals surface area (Å²) >= 11 is 1.18. The number of benzene rings is 2. The van der Waals surface area contributed by atoms with Crippen LogP contribution >= 0.6 is 11.3 Å². The molecule has 0 spiro atoms. The average Bonchev–Trinajstić information content (AvgIpc) is 3.22. The fourth-order valence-electron chi connectivity index (χ4n) is 4.06. The van der Waals surface area contributed by atoms with Crippen LogP contribution in [0.3, 0.4) is 0 Å². The number of carbonyl (C=O) groups is 3. The van der Waals surface area contributed by atoms with E-state index in [1.54, 1.807) is 13.2 Å². The van der Waals surface area contributed by atoms with E-state index in [0.29, 0.717) is 17.1 Å². The van der Waals surface area contributed by atoms with Crippen molar-refractivity contribution in [2.75, 3.05) is 17.7 Å². The molecule has 0 aliphatic heterocycles. The van der Waals surface area contributed by atoms with E-state index in [9.17, 15) is 14.4 Å². The van der Waals surface area contributed by atoms with Crippen molar-refractivity contribution >= 4 is 40.6 Å². The van der Waals surface area contributed by atoms with Crippen LogP contribution in [0.1, 0.15) is 45.6 Å². The normalized spacial score (nSPS) is 12.9. The Hall–Kier alpha value is -3.85. The Bertz CT molecular complexity index is 1270. The van der Waals surface area contributed by atoms with Crippen molar-refractivity contribution in [2.24, 2.45) is 5.92 Å². The van der Waals surface area contributed by atoms with Crippen LogP contribution in [0.25, 0.3) is 10.4 Å². The third kappa shape index (κ3) is 5.68. The molecule has 3 amide bonds. The molecule has 1 heterocycles. The molecule has 8 nitrogen and oxygen atoms in total. The quantitative estimate of drug-likeness (QED) is 0.356. The Balaban J connectivity index is 1.56. The Morgan fingerprint density at radius 2 is 1.61 bits per heavy atom. The van der Waals surface area contributed by atoms with Crippen LogP contribution in [0.4, 0.5) is 16.2 Å². The Kier molecular flexibility index (Phi) is 7.59. The monoisotopic (exact) mass is 507 g/mol. The molecule has 1 saturated carbocycles. The minimum absolute atomic E-state index is 0.173. The minimum atomic E-state index is -0.606. The van der Waals surface area contributed by atoms with E-state index in [1.807, 2.05) is 57.2 Å². The maximum Gasteiger partial charge on any atom is 0.335 e. The predicted molar refractivity (Wildman–Crippen MR) is 141 cm³/mol. The van der Waals surface area contributed by atoms with Crippen molar-refractivity contribution in [3.63, 3.8) is 0 Å². The van der Waals surface area contributed by atoms with Gasteiger partial charge in [-0.3, -0.25) is 4.79 Å². The van der Waals surface area contributed by atoms with Gasteiger partial charge in [0.05, 0.1) is 18.7 Å². The van der Waals surface area contributed by atoms with Crippen molar-refractivity contribution in [1.29, 1.82) is 0 Å². The molecule has 2 aromatic carbocycles. The lowest BCUT2D eigenvalue weighted by molar-refractivity contribution is -0.156. The van der Waals surface area contributed by atoms with E-state index >= 15 is 0 Å². The number of ether oxygens (including phenoxy) is 1. The van der Waals surface area contributed by atoms with Gasteiger partial charge in [-0.25, -0.2) is 9.59 Å². The van der Waals surface area contributed by atoms with Crippen molar-refractivity contribution in [3.05, 3.63) is 64.0 Å². The van der Waals surface area contributed by atoms with Gasteiger partial charge in [-0.05, 0) is 80.6 Å². The Morgan fingerprint density at radius 1 is 0.944 bits per heavy atom. The number of amides is 3. The molecule has 1 aliphatic carbocycles. The van der Waals surface area contributed by atoms with E-state index in [-0.39, 0.29) is 10.8 Å². The summed E-state index contributed by atoms with van der Waals surface area (Å²) in [6, 6.07) is 12.6. The summed E-state index contributed by atoms with van der Waals surface area (Å²) in [7, 11) is 1.59. The van der Waals surface area contributed by atoms with Crippen molar-refractivity contribution in [2.45, 2.75) is 40.0 Å². The van der Waals surface area contributed by atoms with Crippen LogP contribution in [-0.2, 0) is 9.63 Å². The molecular formula is C27H29N3O5S. The minimum Gasteiger partial charge on any atom is -0.497 e. The molecule has 36 heavy (non-hydrogen) atoms. The van der Waals surface area contributed by atoms with Gasteiger partial charge < -0.3 is 20.2 Å². The van der Waals surface area contributed by atoms with Crippen LogP contribution in [0.15, 0.2) is 42.5 Å². The molecule has 9 heteroatoms. The molecule has 3 N–H and O–H groups in total. The second-order valence-corrected chi connectivity index (χ2v) is 9.97. The second-order valence-electron chi connectivity index (χ2n) is 8.91. The van der Waals surface area contributed by atoms with Gasteiger partial charge in [0.2, 0.25) is 0 Å². The molecule has 0 radical (unpaired) electrons. The SMILES string of the molecule is COc1ccc(-c2cc(NC(=O)Nc3c(C)cc(C)cc3C)c(C(=O)NOC(=O)C3CCC3)s2)cc1. The second kappa shape index (κ2) is 10.8. The number of thiophene rings is 1. The molecule has 0 atom stereocenters. The van der Waals surface area contributed by atoms with Gasteiger partial charge in [-0.15, -0.1) is 11.3 Å². The van der Waals surface area contributed by atoms with Crippen LogP contribution in [0.5, 0.6) is 5.75 Å². The highest BCUT2D eigenvalue weighted by Crippen LogP contribution is 2.36. The number of methoxy groups -OCH3 is 1. The fraction of sp³-hybridized carbons (Fsp3) is 0.296. The Morgan fingerprint density at radius 3 is 2.19 bits per heavy atom. The number of aryl methyl sites for hydroxylation is 3. The summed E-state index contributed by atoms with van der Waals surface area (Å²) in [5, 5.41) is 5.67. The van der Waals surface area contributed by atoms with E-state index in [0.717, 1.165) is 46.4 Å². The van der Waals surface area contributed by atoms with E-state index in [2.05, 4.69) is 16.1 Å². The maximum absolute atomic E-state index is 13.0. The predicted octanol–water partition coefficient (Wildman–Crippen LogP) is 5.98. The van der Waals surface area contributed by atoms with Gasteiger partial charge in [0.25, 0.3) is 5.91 Å². The van der Waals surface area contributed by atoms with Crippen LogP contribution in [0.2, 0.25) is 0 Å². The number of carbonyl (C=O) groups excluding carboxylic acids is 3. The zero-order valence-electron chi connectivity index (χ0n) is 20.7. The summed E-state index contributed by atoms with van der Waals surface area (Å²) in [5.74, 6) is -0.518. The topological polar surface area (TPSA) is 106 Å². The number of nitrogens with one attached hydrogen (secondary N) is 3. The van der Waals surface area contributed by atoms with Crippen LogP contribution < -0.4 is 20.9 Å². The molecule has 188 valence electrons. The van der Waals surface area contributed by atoms with Gasteiger partial charge in [0.1, 0.15) is 10.6 Å². The largest absolute Gasteiger partial charge is 0.497 e. The van der Waals surface area contributed by atoms with Gasteiger partial charge in [0.15, 0.2) is 0 Å². The zero-order chi connectivity index (χ0) is 25.8. The molecular weight excluding hydrogens is 478 g/mol. The number of hydrogen-bond donors (Lipinski definition) is 3. The van der Waals surface area contributed by atoms with Gasteiger partial charge in [0, 0.05) is 10.6 Å². The van der Waals surface area contributed by atoms with Gasteiger partial charge in [-0.1, -0.05) is 24.1 Å². The summed E-state index contributed by atoms with van der Waals surface area (Å²) in [6.45, 7) is 5.85. The first-order valence-corrected chi connectivity index (χ1v) is 12.5. The fourth-order valence-corrected chi connectivity index (χ4v) is 5.07. The smallest absolute Gasteiger partial charge is 0.335 e. The van der Waals surface area contributed by atoms with E-state index in [4.69, 9.17) is 9.57 Å². The number of rotatable bonds is 6. The van der Waals surface area contributed by atoms with Crippen molar-refractivity contribution in [1.82, 2.24) is 5.48 Å². The number of hydrogen-bond acceptors (Lipinski definition) is 6. The van der Waals surface area contributed by atoms with Gasteiger partial charge in [-0.2, -0.15) is 5.48 Å². The van der Waals surface area contributed by atoms with Gasteiger partial charge >= 0.3 is 12.0 Å². The third-order valence-electron chi connectivity index (χ3n) is 6.16. The zero-order valence-corrected chi connectivity index (χ0v) is 21.5. The highest BCUT2D eigenvalue weighted by Gasteiger charge is 2.28. The van der Waals surface area contributed by atoms with Crippen LogP contribution in [-0.4, -0.2) is 25.0 Å². The third-order valence-corrected chi connectivity index (χ3v) is 7.34. The summed E-state index contributed by atoms with van der Waals surface area (Å²) in [5.41, 5.74) is 7.10. The molecule has 4 rings (SSSR count). The number of urea groups is 1. The first-order chi connectivity index (χ1) is 17.2. The van der Waals surface area contributed by atoms with E-state index < -0.39 is 17.9 Å². The Labute approximate surface area is 214 Å². The molecule has 0 unspecified atom stereocenters. The first kappa shape index (κ1) is 25.2. The molecule has 1 aromatic heterocycles. The molecule has 0 saturated heterocycles. The summed E-state index contributed by atoms with van der Waals surface area (Å²) in [4.78, 5) is 44.0. The first-order valence-electron chi connectivity index (χ1n) is 11.7. The van der Waals surface area contributed by atoms with Crippen molar-refractivity contribution < 1.29 is 24.0 Å². The molecule has 0 bridgehead atoms. The van der Waals surface area contributed by atoms with E-state index in [1.165, 1.54) is 11.3 Å². The lowest BCUT2D eigenvalue weighted by Crippen LogP contribution is -2.33. The number of hydroxylamine groups is 1. The highest BCUT2D eigenvalue weighted by molar-refractivity contribution is 7.18. The lowest BCUT2D eigenvalue weighted by atomic mass is 9.86. The summed E-state index contributed by atoms with van der Waals surface area (Å²) < 4.78 is 5.22. The lowest BCUT2D eigenvalue weighted by Gasteiger charge is -2.22. The highest BCUT2D eigenvalue weighted by atomic mass is 32.1. The van der Waals surface area contributed by atoms with Crippen LogP contribution in [0, 0.1) is 26.7 Å². The molecule has 1 aliphatic rings. The molecule has 3 aromatic rings. The maximum atomic E-state index is 13.0.